The normalized spacial score (nSPS) is 12.2. The van der Waals surface area contributed by atoms with Gasteiger partial charge in [-0.25, -0.2) is 18.2 Å². The van der Waals surface area contributed by atoms with Gasteiger partial charge in [-0.2, -0.15) is 0 Å². The number of nitrogens with zero attached hydrogens (tertiary/aromatic N) is 2. The number of methoxy groups -OCH3 is 1. The van der Waals surface area contributed by atoms with Gasteiger partial charge in [0.1, 0.15) is 0 Å². The topological polar surface area (TPSA) is 124 Å². The molecule has 1 heterocycles. The van der Waals surface area contributed by atoms with Crippen LogP contribution in [0.3, 0.4) is 0 Å². The zero-order valence-electron chi connectivity index (χ0n) is 20.9. The molecule has 0 aliphatic carbocycles. The number of hydrogen-bond donors (Lipinski definition) is 3. The van der Waals surface area contributed by atoms with E-state index >= 15 is 0 Å². The van der Waals surface area contributed by atoms with E-state index in [0.29, 0.717) is 45.7 Å². The molecule has 10 heteroatoms. The Bertz CT molecular complexity index is 1590. The molecule has 0 aliphatic heterocycles. The highest BCUT2D eigenvalue weighted by Gasteiger charge is 2.20. The highest BCUT2D eigenvalue weighted by atomic mass is 32.2. The Morgan fingerprint density at radius 3 is 2.43 bits per heavy atom. The summed E-state index contributed by atoms with van der Waals surface area (Å²) in [5.74, 6) is -0.600. The van der Waals surface area contributed by atoms with Crippen LogP contribution in [0, 0.1) is 0 Å². The van der Waals surface area contributed by atoms with Gasteiger partial charge in [0.25, 0.3) is 0 Å². The fourth-order valence-electron chi connectivity index (χ4n) is 4.07. The van der Waals surface area contributed by atoms with Gasteiger partial charge in [0.2, 0.25) is 10.0 Å². The number of nitrogens with one attached hydrogen (secondary N) is 2. The summed E-state index contributed by atoms with van der Waals surface area (Å²) < 4.78 is 31.5. The SMILES string of the molecule is COC(=O)c1ccc2c(C(=Nc3ccc(CN(C)C)c(NS(C)(=O)=O)c3)c3ccccc3)c(O)[nH]c2c1. The molecule has 4 aromatic rings. The van der Waals surface area contributed by atoms with Crippen molar-refractivity contribution in [3.8, 4) is 5.88 Å². The Hall–Kier alpha value is -4.15. The lowest BCUT2D eigenvalue weighted by molar-refractivity contribution is 0.0601. The molecule has 0 fully saturated rings. The highest BCUT2D eigenvalue weighted by molar-refractivity contribution is 7.92. The quantitative estimate of drug-likeness (QED) is 0.236. The maximum atomic E-state index is 12.0. The zero-order valence-corrected chi connectivity index (χ0v) is 21.8. The molecule has 0 aliphatic rings. The van der Waals surface area contributed by atoms with Crippen molar-refractivity contribution in [3.63, 3.8) is 0 Å². The van der Waals surface area contributed by atoms with Gasteiger partial charge in [0, 0.05) is 23.0 Å². The van der Waals surface area contributed by atoms with Crippen LogP contribution in [-0.2, 0) is 21.3 Å². The maximum absolute atomic E-state index is 12.0. The van der Waals surface area contributed by atoms with Gasteiger partial charge in [-0.05, 0) is 43.9 Å². The summed E-state index contributed by atoms with van der Waals surface area (Å²) in [6.07, 6.45) is 1.10. The Balaban J connectivity index is 1.91. The smallest absolute Gasteiger partial charge is 0.337 e. The van der Waals surface area contributed by atoms with E-state index in [-0.39, 0.29) is 5.88 Å². The largest absolute Gasteiger partial charge is 0.494 e. The first-order valence-electron chi connectivity index (χ1n) is 11.4. The van der Waals surface area contributed by atoms with Crippen molar-refractivity contribution >= 4 is 44.0 Å². The molecule has 192 valence electrons. The van der Waals surface area contributed by atoms with Crippen LogP contribution in [0.4, 0.5) is 11.4 Å². The third kappa shape index (κ3) is 5.99. The van der Waals surface area contributed by atoms with Crippen LogP contribution in [-0.4, -0.2) is 62.6 Å². The Kier molecular flexibility index (Phi) is 7.33. The van der Waals surface area contributed by atoms with E-state index in [9.17, 15) is 18.3 Å². The number of hydrogen-bond acceptors (Lipinski definition) is 7. The van der Waals surface area contributed by atoms with Crippen LogP contribution in [0.15, 0.2) is 71.7 Å². The third-order valence-electron chi connectivity index (χ3n) is 5.60. The van der Waals surface area contributed by atoms with Crippen LogP contribution in [0.2, 0.25) is 0 Å². The number of anilines is 1. The summed E-state index contributed by atoms with van der Waals surface area (Å²) in [5.41, 5.74) is 4.26. The summed E-state index contributed by atoms with van der Waals surface area (Å²) in [5, 5.41) is 11.6. The lowest BCUT2D eigenvalue weighted by Gasteiger charge is -2.16. The fraction of sp³-hybridized carbons (Fsp3) is 0.185. The number of carbonyl (C=O) groups excluding carboxylic acids is 1. The number of rotatable bonds is 8. The number of benzene rings is 3. The van der Waals surface area contributed by atoms with Crippen LogP contribution in [0.25, 0.3) is 10.9 Å². The average Bonchev–Trinajstić information content (AvgIpc) is 3.17. The van der Waals surface area contributed by atoms with Gasteiger partial charge in [0.05, 0.1) is 41.6 Å². The average molecular weight is 521 g/mol. The summed E-state index contributed by atoms with van der Waals surface area (Å²) >= 11 is 0. The zero-order chi connectivity index (χ0) is 26.7. The minimum Gasteiger partial charge on any atom is -0.494 e. The van der Waals surface area contributed by atoms with Crippen molar-refractivity contribution in [2.45, 2.75) is 6.54 Å². The van der Waals surface area contributed by atoms with Gasteiger partial charge in [-0.15, -0.1) is 0 Å². The maximum Gasteiger partial charge on any atom is 0.337 e. The van der Waals surface area contributed by atoms with Crippen molar-refractivity contribution in [1.82, 2.24) is 9.88 Å². The molecule has 4 rings (SSSR count). The number of aromatic nitrogens is 1. The number of carbonyl (C=O) groups is 1. The van der Waals surface area contributed by atoms with Gasteiger partial charge >= 0.3 is 5.97 Å². The molecule has 0 unspecified atom stereocenters. The number of esters is 1. The predicted octanol–water partition coefficient (Wildman–Crippen LogP) is 4.26. The lowest BCUT2D eigenvalue weighted by atomic mass is 10.00. The van der Waals surface area contributed by atoms with Gasteiger partial charge in [-0.1, -0.05) is 42.5 Å². The Labute approximate surface area is 215 Å². The first-order chi connectivity index (χ1) is 17.6. The summed E-state index contributed by atoms with van der Waals surface area (Å²) in [4.78, 5) is 21.7. The second-order valence-corrected chi connectivity index (χ2v) is 10.6. The standard InChI is InChI=1S/C27H28N4O5S/c1-31(2)16-19-10-12-20(15-22(19)30-37(4,34)35)28-25(17-8-6-5-7-9-17)24-21-13-11-18(27(33)36-3)14-23(21)29-26(24)32/h5-15,29-30,32H,16H2,1-4H3. The van der Waals surface area contributed by atoms with Crippen molar-refractivity contribution in [3.05, 3.63) is 89.0 Å². The molecule has 0 bridgehead atoms. The number of fused-ring (bicyclic) bond motifs is 1. The third-order valence-corrected chi connectivity index (χ3v) is 6.19. The monoisotopic (exact) mass is 520 g/mol. The molecular formula is C27H28N4O5S. The molecule has 0 spiro atoms. The summed E-state index contributed by atoms with van der Waals surface area (Å²) in [7, 11) is 1.58. The highest BCUT2D eigenvalue weighted by Crippen LogP contribution is 2.33. The first-order valence-corrected chi connectivity index (χ1v) is 13.3. The van der Waals surface area contributed by atoms with E-state index in [1.54, 1.807) is 30.3 Å². The first kappa shape index (κ1) is 25.9. The van der Waals surface area contributed by atoms with Crippen molar-refractivity contribution in [2.75, 3.05) is 32.2 Å². The van der Waals surface area contributed by atoms with E-state index in [2.05, 4.69) is 9.71 Å². The Morgan fingerprint density at radius 2 is 1.78 bits per heavy atom. The molecule has 0 saturated heterocycles. The number of aromatic amines is 1. The number of ether oxygens (including phenoxy) is 1. The molecule has 3 aromatic carbocycles. The number of H-pyrrole nitrogens is 1. The minimum absolute atomic E-state index is 0.113. The molecule has 3 N–H and O–H groups in total. The second kappa shape index (κ2) is 10.5. The molecule has 0 radical (unpaired) electrons. The number of aliphatic imine (C=N–C) groups is 1. The fourth-order valence-corrected chi connectivity index (χ4v) is 4.65. The summed E-state index contributed by atoms with van der Waals surface area (Å²) in [6, 6.07) is 19.6. The second-order valence-electron chi connectivity index (χ2n) is 8.88. The Morgan fingerprint density at radius 1 is 1.05 bits per heavy atom. The van der Waals surface area contributed by atoms with Crippen LogP contribution < -0.4 is 4.72 Å². The van der Waals surface area contributed by atoms with Crippen molar-refractivity contribution in [2.24, 2.45) is 4.99 Å². The minimum atomic E-state index is -3.52. The van der Waals surface area contributed by atoms with Gasteiger partial charge < -0.3 is 19.7 Å². The van der Waals surface area contributed by atoms with E-state index in [4.69, 9.17) is 9.73 Å². The molecular weight excluding hydrogens is 492 g/mol. The van der Waals surface area contributed by atoms with E-state index in [1.165, 1.54) is 7.11 Å². The predicted molar refractivity (Wildman–Crippen MR) is 145 cm³/mol. The van der Waals surface area contributed by atoms with Crippen molar-refractivity contribution < 1.29 is 23.1 Å². The van der Waals surface area contributed by atoms with Gasteiger partial charge in [-0.3, -0.25) is 4.72 Å². The number of sulfonamides is 1. The van der Waals surface area contributed by atoms with E-state index in [1.807, 2.05) is 55.4 Å². The van der Waals surface area contributed by atoms with Crippen LogP contribution in [0.5, 0.6) is 5.88 Å². The lowest BCUT2D eigenvalue weighted by Crippen LogP contribution is -2.15. The van der Waals surface area contributed by atoms with E-state index in [0.717, 1.165) is 17.4 Å². The molecule has 37 heavy (non-hydrogen) atoms. The molecule has 0 saturated carbocycles. The number of aromatic hydroxyl groups is 1. The van der Waals surface area contributed by atoms with E-state index < -0.39 is 16.0 Å². The molecule has 1 aromatic heterocycles. The van der Waals surface area contributed by atoms with Crippen LogP contribution in [0.1, 0.15) is 27.0 Å². The van der Waals surface area contributed by atoms with Gasteiger partial charge in [0.15, 0.2) is 5.88 Å². The molecule has 0 atom stereocenters. The summed E-state index contributed by atoms with van der Waals surface area (Å²) in [6.45, 7) is 0.527. The molecule has 9 nitrogen and oxygen atoms in total. The van der Waals surface area contributed by atoms with Crippen LogP contribution >= 0.6 is 0 Å². The molecule has 0 amide bonds. The van der Waals surface area contributed by atoms with Crippen molar-refractivity contribution in [1.29, 1.82) is 0 Å².